The summed E-state index contributed by atoms with van der Waals surface area (Å²) < 4.78 is 33.2. The van der Waals surface area contributed by atoms with Gasteiger partial charge in [-0.05, 0) is 80.6 Å². The molecule has 6 nitrogen and oxygen atoms in total. The van der Waals surface area contributed by atoms with Gasteiger partial charge in [-0.25, -0.2) is 8.42 Å². The van der Waals surface area contributed by atoms with Gasteiger partial charge in [0.1, 0.15) is 12.4 Å². The predicted octanol–water partition coefficient (Wildman–Crippen LogP) is 4.57. The van der Waals surface area contributed by atoms with E-state index < -0.39 is 16.0 Å². The molecule has 9 heteroatoms. The number of hydrogen-bond acceptors (Lipinski definition) is 4. The molecule has 2 rings (SSSR count). The molecule has 0 unspecified atom stereocenters. The molecule has 0 spiro atoms. The molecule has 0 aromatic heterocycles. The van der Waals surface area contributed by atoms with Crippen LogP contribution in [0.25, 0.3) is 0 Å². The Bertz CT molecular complexity index is 908. The van der Waals surface area contributed by atoms with Gasteiger partial charge in [0.2, 0.25) is 10.0 Å². The fourth-order valence-electron chi connectivity index (χ4n) is 2.28. The number of anilines is 1. The highest BCUT2D eigenvalue weighted by atomic mass is 79.9. The molecular formula is C18H19Br2NO5S. The molecule has 2 aromatic carbocycles. The SMILES string of the molecule is CCS(=O)(=O)Nc1cccc(COc2c(Br)cc(CCC(=O)O)cc2Br)c1. The van der Waals surface area contributed by atoms with Crippen molar-refractivity contribution in [1.29, 1.82) is 0 Å². The lowest BCUT2D eigenvalue weighted by Gasteiger charge is -2.13. The van der Waals surface area contributed by atoms with Crippen molar-refractivity contribution >= 4 is 53.5 Å². The van der Waals surface area contributed by atoms with Gasteiger partial charge in [-0.3, -0.25) is 9.52 Å². The smallest absolute Gasteiger partial charge is 0.303 e. The molecule has 0 aliphatic carbocycles. The fraction of sp³-hybridized carbons (Fsp3) is 0.278. The zero-order valence-electron chi connectivity index (χ0n) is 14.5. The van der Waals surface area contributed by atoms with Gasteiger partial charge in [-0.2, -0.15) is 0 Å². The monoisotopic (exact) mass is 519 g/mol. The average Bonchev–Trinajstić information content (AvgIpc) is 2.59. The number of benzene rings is 2. The second kappa shape index (κ2) is 9.57. The molecule has 0 bridgehead atoms. The van der Waals surface area contributed by atoms with Crippen molar-refractivity contribution in [3.05, 3.63) is 56.5 Å². The number of halogens is 2. The van der Waals surface area contributed by atoms with Gasteiger partial charge in [0.15, 0.2) is 0 Å². The van der Waals surface area contributed by atoms with E-state index in [0.717, 1.165) is 11.1 Å². The Morgan fingerprint density at radius 1 is 1.15 bits per heavy atom. The van der Waals surface area contributed by atoms with Gasteiger partial charge < -0.3 is 9.84 Å². The summed E-state index contributed by atoms with van der Waals surface area (Å²) in [5.41, 5.74) is 2.17. The van der Waals surface area contributed by atoms with Crippen LogP contribution in [0.5, 0.6) is 5.75 Å². The predicted molar refractivity (Wildman–Crippen MR) is 112 cm³/mol. The summed E-state index contributed by atoms with van der Waals surface area (Å²) in [4.78, 5) is 10.7. The van der Waals surface area contributed by atoms with Gasteiger partial charge in [-0.1, -0.05) is 12.1 Å². The fourth-order valence-corrected chi connectivity index (χ4v) is 4.42. The zero-order chi connectivity index (χ0) is 20.0. The van der Waals surface area contributed by atoms with E-state index >= 15 is 0 Å². The summed E-state index contributed by atoms with van der Waals surface area (Å²) in [6.45, 7) is 1.82. The minimum absolute atomic E-state index is 0.00183. The standard InChI is InChI=1S/C18H19Br2NO5S/c1-2-27(24,25)21-14-5-3-4-13(8-14)11-26-18-15(19)9-12(10-16(18)20)6-7-17(22)23/h3-5,8-10,21H,2,6-7,11H2,1H3,(H,22,23). The van der Waals surface area contributed by atoms with Crippen molar-refractivity contribution < 1.29 is 23.1 Å². The number of ether oxygens (including phenoxy) is 1. The maximum atomic E-state index is 11.7. The summed E-state index contributed by atoms with van der Waals surface area (Å²) in [7, 11) is -3.33. The van der Waals surface area contributed by atoms with Gasteiger partial charge >= 0.3 is 5.97 Å². The molecule has 0 heterocycles. The van der Waals surface area contributed by atoms with Crippen LogP contribution in [0.1, 0.15) is 24.5 Å². The van der Waals surface area contributed by atoms with E-state index in [9.17, 15) is 13.2 Å². The van der Waals surface area contributed by atoms with E-state index in [1.165, 1.54) is 0 Å². The Labute approximate surface area is 175 Å². The van der Waals surface area contributed by atoms with Gasteiger partial charge in [0.25, 0.3) is 0 Å². The van der Waals surface area contributed by atoms with Crippen molar-refractivity contribution in [3.8, 4) is 5.75 Å². The zero-order valence-corrected chi connectivity index (χ0v) is 18.5. The van der Waals surface area contributed by atoms with Crippen LogP contribution in [0.15, 0.2) is 45.3 Å². The van der Waals surface area contributed by atoms with Crippen LogP contribution < -0.4 is 9.46 Å². The van der Waals surface area contributed by atoms with E-state index in [0.29, 0.717) is 26.8 Å². The Morgan fingerprint density at radius 3 is 2.41 bits per heavy atom. The lowest BCUT2D eigenvalue weighted by atomic mass is 10.1. The van der Waals surface area contributed by atoms with Crippen molar-refractivity contribution in [1.82, 2.24) is 0 Å². The molecule has 0 aliphatic heterocycles. The largest absolute Gasteiger partial charge is 0.487 e. The maximum absolute atomic E-state index is 11.7. The number of aliphatic carboxylic acids is 1. The Hall–Kier alpha value is -1.58. The topological polar surface area (TPSA) is 92.7 Å². The first kappa shape index (κ1) is 21.7. The van der Waals surface area contributed by atoms with Crippen molar-refractivity contribution in [2.24, 2.45) is 0 Å². The minimum atomic E-state index is -3.33. The summed E-state index contributed by atoms with van der Waals surface area (Å²) in [6.07, 6.45) is 0.478. The van der Waals surface area contributed by atoms with Crippen molar-refractivity contribution in [2.75, 3.05) is 10.5 Å². The highest BCUT2D eigenvalue weighted by Gasteiger charge is 2.11. The number of carbonyl (C=O) groups is 1. The van der Waals surface area contributed by atoms with Crippen LogP contribution >= 0.6 is 31.9 Å². The normalized spacial score (nSPS) is 11.2. The first-order chi connectivity index (χ1) is 12.7. The molecule has 0 fully saturated rings. The summed E-state index contributed by atoms with van der Waals surface area (Å²) in [6, 6.07) is 10.7. The third kappa shape index (κ3) is 6.82. The second-order valence-corrected chi connectivity index (χ2v) is 9.50. The number of hydrogen-bond donors (Lipinski definition) is 2. The molecule has 2 N–H and O–H groups in total. The first-order valence-electron chi connectivity index (χ1n) is 8.12. The van der Waals surface area contributed by atoms with E-state index in [2.05, 4.69) is 36.6 Å². The molecule has 0 saturated heterocycles. The highest BCUT2D eigenvalue weighted by Crippen LogP contribution is 2.35. The number of nitrogens with one attached hydrogen (secondary N) is 1. The maximum Gasteiger partial charge on any atom is 0.303 e. The van der Waals surface area contributed by atoms with Crippen LogP contribution in [0.2, 0.25) is 0 Å². The number of sulfonamides is 1. The molecule has 27 heavy (non-hydrogen) atoms. The van der Waals surface area contributed by atoms with E-state index in [1.54, 1.807) is 25.1 Å². The Morgan fingerprint density at radius 2 is 1.81 bits per heavy atom. The van der Waals surface area contributed by atoms with E-state index in [-0.39, 0.29) is 18.8 Å². The number of aryl methyl sites for hydroxylation is 1. The Balaban J connectivity index is 2.09. The van der Waals surface area contributed by atoms with Crippen LogP contribution in [-0.2, 0) is 27.8 Å². The number of carboxylic acids is 1. The van der Waals surface area contributed by atoms with Crippen LogP contribution in [-0.4, -0.2) is 25.2 Å². The number of rotatable bonds is 9. The highest BCUT2D eigenvalue weighted by molar-refractivity contribution is 9.11. The third-order valence-corrected chi connectivity index (χ3v) is 6.13. The van der Waals surface area contributed by atoms with Crippen molar-refractivity contribution in [3.63, 3.8) is 0 Å². The molecule has 0 amide bonds. The quantitative estimate of drug-likeness (QED) is 0.505. The molecular weight excluding hydrogens is 502 g/mol. The molecule has 0 atom stereocenters. The number of carboxylic acid groups (broad SMARTS) is 1. The van der Waals surface area contributed by atoms with Gasteiger partial charge in [0.05, 0.1) is 14.7 Å². The molecule has 0 aliphatic rings. The third-order valence-electron chi connectivity index (χ3n) is 3.65. The lowest BCUT2D eigenvalue weighted by molar-refractivity contribution is -0.136. The Kier molecular flexibility index (Phi) is 7.69. The average molecular weight is 521 g/mol. The van der Waals surface area contributed by atoms with Crippen LogP contribution in [0, 0.1) is 0 Å². The lowest BCUT2D eigenvalue weighted by Crippen LogP contribution is -2.14. The van der Waals surface area contributed by atoms with E-state index in [1.807, 2.05) is 18.2 Å². The second-order valence-electron chi connectivity index (χ2n) is 5.78. The molecule has 0 radical (unpaired) electrons. The van der Waals surface area contributed by atoms with Crippen LogP contribution in [0.4, 0.5) is 5.69 Å². The summed E-state index contributed by atoms with van der Waals surface area (Å²) >= 11 is 6.90. The van der Waals surface area contributed by atoms with Crippen LogP contribution in [0.3, 0.4) is 0 Å². The van der Waals surface area contributed by atoms with Gasteiger partial charge in [0, 0.05) is 12.1 Å². The summed E-state index contributed by atoms with van der Waals surface area (Å²) in [5.74, 6) is -0.253. The molecule has 0 saturated carbocycles. The first-order valence-corrected chi connectivity index (χ1v) is 11.4. The van der Waals surface area contributed by atoms with E-state index in [4.69, 9.17) is 9.84 Å². The minimum Gasteiger partial charge on any atom is -0.487 e. The molecule has 146 valence electrons. The van der Waals surface area contributed by atoms with Gasteiger partial charge in [-0.15, -0.1) is 0 Å². The molecule has 2 aromatic rings. The summed E-state index contributed by atoms with van der Waals surface area (Å²) in [5, 5.41) is 8.80. The van der Waals surface area contributed by atoms with Crippen molar-refractivity contribution in [2.45, 2.75) is 26.4 Å².